The van der Waals surface area contributed by atoms with E-state index in [-0.39, 0.29) is 37.9 Å². The van der Waals surface area contributed by atoms with Gasteiger partial charge in [-0.25, -0.2) is 14.4 Å². The monoisotopic (exact) mass is 649 g/mol. The molecule has 15 heteroatoms. The Balaban J connectivity index is 1.51. The number of nitrogens with zero attached hydrogens (tertiary/aromatic N) is 3. The van der Waals surface area contributed by atoms with Crippen molar-refractivity contribution in [1.82, 2.24) is 14.9 Å². The number of halogens is 2. The highest BCUT2D eigenvalue weighted by Crippen LogP contribution is 2.36. The fourth-order valence-corrected chi connectivity index (χ4v) is 4.59. The van der Waals surface area contributed by atoms with E-state index in [2.05, 4.69) is 20.6 Å². The molecule has 44 heavy (non-hydrogen) atoms. The average Bonchev–Trinajstić information content (AvgIpc) is 3.78. The molecule has 2 aromatic carbocycles. The lowest BCUT2D eigenvalue weighted by Gasteiger charge is -2.19. The normalized spacial score (nSPS) is 13.4. The van der Waals surface area contributed by atoms with Crippen molar-refractivity contribution in [3.8, 4) is 5.75 Å². The second kappa shape index (κ2) is 15.2. The predicted molar refractivity (Wildman–Crippen MR) is 164 cm³/mol. The Morgan fingerprint density at radius 1 is 1.20 bits per heavy atom. The van der Waals surface area contributed by atoms with Crippen molar-refractivity contribution in [2.24, 2.45) is 5.92 Å². The number of amides is 1. The second-order valence-corrected chi connectivity index (χ2v) is 12.1. The van der Waals surface area contributed by atoms with Crippen LogP contribution in [0.1, 0.15) is 19.8 Å². The molecule has 1 aliphatic rings. The Kier molecular flexibility index (Phi) is 11.4. The van der Waals surface area contributed by atoms with E-state index in [0.29, 0.717) is 46.4 Å². The molecular weight excluding hydrogens is 617 g/mol. The lowest BCUT2D eigenvalue weighted by atomic mass is 10.1. The minimum atomic E-state index is -3.65. The molecule has 1 aromatic heterocycles. The van der Waals surface area contributed by atoms with E-state index in [1.54, 1.807) is 24.0 Å². The van der Waals surface area contributed by atoms with Crippen LogP contribution in [0.2, 0.25) is 5.02 Å². The molecule has 0 saturated heterocycles. The van der Waals surface area contributed by atoms with Crippen molar-refractivity contribution >= 4 is 61.7 Å². The van der Waals surface area contributed by atoms with Gasteiger partial charge < -0.3 is 20.1 Å². The molecule has 0 radical (unpaired) electrons. The van der Waals surface area contributed by atoms with Gasteiger partial charge in [0.15, 0.2) is 0 Å². The molecule has 1 amide bonds. The summed E-state index contributed by atoms with van der Waals surface area (Å²) in [7, 11) is -3.65. The van der Waals surface area contributed by atoms with Gasteiger partial charge in [0.25, 0.3) is 10.1 Å². The molecule has 0 aliphatic heterocycles. The maximum absolute atomic E-state index is 13.7. The van der Waals surface area contributed by atoms with Gasteiger partial charge in [-0.15, -0.1) is 0 Å². The first-order chi connectivity index (χ1) is 21.0. The molecule has 0 unspecified atom stereocenters. The van der Waals surface area contributed by atoms with Gasteiger partial charge >= 0.3 is 5.97 Å². The number of esters is 1. The van der Waals surface area contributed by atoms with E-state index in [0.717, 1.165) is 19.1 Å². The molecule has 4 rings (SSSR count). The van der Waals surface area contributed by atoms with Crippen LogP contribution in [0.3, 0.4) is 0 Å². The third kappa shape index (κ3) is 10.4. The number of carbonyl (C=O) groups excluding carboxylic acids is 2. The third-order valence-electron chi connectivity index (χ3n) is 6.34. The number of ether oxygens (including phenoxy) is 2. The molecule has 2 N–H and O–H groups in total. The standard InChI is InChI=1S/C29H33ClFN5O7S/c1-3-41-28(38)16-36(11-12-43-44(2,39)40)10-4-5-27(37)35-25-14-21-24(15-26(25)42-17-19-6-7-19)32-18-33-29(21)34-20-8-9-23(31)22(30)13-20/h4-5,8-9,13-15,18-19H,3,6-7,10-12,16-17H2,1-2H3,(H,35,37)(H,32,33,34)/b5-4+. The van der Waals surface area contributed by atoms with Crippen molar-refractivity contribution in [1.29, 1.82) is 0 Å². The lowest BCUT2D eigenvalue weighted by Crippen LogP contribution is -2.34. The zero-order valence-electron chi connectivity index (χ0n) is 24.2. The molecule has 0 bridgehead atoms. The topological polar surface area (TPSA) is 149 Å². The van der Waals surface area contributed by atoms with Gasteiger partial charge in [-0.05, 0) is 49.9 Å². The van der Waals surface area contributed by atoms with Gasteiger partial charge in [0.2, 0.25) is 5.91 Å². The Morgan fingerprint density at radius 2 is 2.00 bits per heavy atom. The highest BCUT2D eigenvalue weighted by atomic mass is 35.5. The zero-order valence-corrected chi connectivity index (χ0v) is 25.8. The Labute approximate surface area is 259 Å². The smallest absolute Gasteiger partial charge is 0.320 e. The van der Waals surface area contributed by atoms with Crippen LogP contribution in [0, 0.1) is 11.7 Å². The van der Waals surface area contributed by atoms with E-state index in [1.165, 1.54) is 36.7 Å². The molecule has 3 aromatic rings. The number of anilines is 3. The second-order valence-electron chi connectivity index (χ2n) is 10.1. The third-order valence-corrected chi connectivity index (χ3v) is 7.23. The highest BCUT2D eigenvalue weighted by molar-refractivity contribution is 7.85. The largest absolute Gasteiger partial charge is 0.491 e. The number of aromatic nitrogens is 2. The van der Waals surface area contributed by atoms with Crippen molar-refractivity contribution < 1.29 is 36.1 Å². The Morgan fingerprint density at radius 3 is 2.70 bits per heavy atom. The molecule has 1 fully saturated rings. The van der Waals surface area contributed by atoms with E-state index in [9.17, 15) is 22.4 Å². The van der Waals surface area contributed by atoms with Crippen molar-refractivity contribution in [3.63, 3.8) is 0 Å². The summed E-state index contributed by atoms with van der Waals surface area (Å²) in [5, 5.41) is 6.46. The minimum Gasteiger partial charge on any atom is -0.491 e. The molecule has 0 spiro atoms. The first kappa shape index (κ1) is 33.1. The van der Waals surface area contributed by atoms with Crippen LogP contribution >= 0.6 is 11.6 Å². The SMILES string of the molecule is CCOC(=O)CN(C/C=C/C(=O)Nc1cc2c(Nc3ccc(F)c(Cl)c3)ncnc2cc1OCC1CC1)CCOS(C)(=O)=O. The lowest BCUT2D eigenvalue weighted by molar-refractivity contribution is -0.144. The van der Waals surface area contributed by atoms with Crippen LogP contribution in [-0.4, -0.2) is 80.9 Å². The fraction of sp³-hybridized carbons (Fsp3) is 0.379. The molecule has 0 atom stereocenters. The quantitative estimate of drug-likeness (QED) is 0.130. The summed E-state index contributed by atoms with van der Waals surface area (Å²) in [6, 6.07) is 7.59. The number of fused-ring (bicyclic) bond motifs is 1. The maximum atomic E-state index is 13.7. The Bertz CT molecular complexity index is 1640. The number of rotatable bonds is 16. The summed E-state index contributed by atoms with van der Waals surface area (Å²) < 4.78 is 52.1. The van der Waals surface area contributed by atoms with E-state index >= 15 is 0 Å². The number of hydrogen-bond acceptors (Lipinski definition) is 11. The van der Waals surface area contributed by atoms with E-state index < -0.39 is 27.8 Å². The van der Waals surface area contributed by atoms with Crippen LogP contribution in [-0.2, 0) is 28.6 Å². The van der Waals surface area contributed by atoms with Gasteiger partial charge in [0.05, 0.1) is 48.8 Å². The first-order valence-corrected chi connectivity index (χ1v) is 16.0. The average molecular weight is 650 g/mol. The summed E-state index contributed by atoms with van der Waals surface area (Å²) in [5.41, 5.74) is 1.45. The molecule has 1 heterocycles. The summed E-state index contributed by atoms with van der Waals surface area (Å²) in [6.45, 7) is 2.33. The molecule has 1 saturated carbocycles. The first-order valence-electron chi connectivity index (χ1n) is 13.8. The van der Waals surface area contributed by atoms with Crippen LogP contribution in [0.5, 0.6) is 5.75 Å². The minimum absolute atomic E-state index is 0.0485. The predicted octanol–water partition coefficient (Wildman–Crippen LogP) is 4.29. The van der Waals surface area contributed by atoms with Crippen molar-refractivity contribution in [3.05, 3.63) is 59.7 Å². The molecular formula is C29H33ClFN5O7S. The summed E-state index contributed by atoms with van der Waals surface area (Å²) >= 11 is 5.94. The number of carbonyl (C=O) groups is 2. The summed E-state index contributed by atoms with van der Waals surface area (Å²) in [5.74, 6) is -0.219. The molecule has 1 aliphatic carbocycles. The number of nitrogens with one attached hydrogen (secondary N) is 2. The number of hydrogen-bond donors (Lipinski definition) is 2. The van der Waals surface area contributed by atoms with Crippen molar-refractivity contribution in [2.75, 3.05) is 56.3 Å². The fourth-order valence-electron chi connectivity index (χ4n) is 4.03. The van der Waals surface area contributed by atoms with E-state index in [4.69, 9.17) is 25.3 Å². The summed E-state index contributed by atoms with van der Waals surface area (Å²) in [6.07, 6.45) is 7.30. The summed E-state index contributed by atoms with van der Waals surface area (Å²) in [4.78, 5) is 35.2. The number of benzene rings is 2. The van der Waals surface area contributed by atoms with Gasteiger partial charge in [-0.3, -0.25) is 18.7 Å². The Hall–Kier alpha value is -3.85. The zero-order chi connectivity index (χ0) is 31.7. The van der Waals surface area contributed by atoms with E-state index in [1.807, 2.05) is 0 Å². The van der Waals surface area contributed by atoms with Crippen LogP contribution < -0.4 is 15.4 Å². The van der Waals surface area contributed by atoms with Crippen LogP contribution in [0.15, 0.2) is 48.8 Å². The highest BCUT2D eigenvalue weighted by Gasteiger charge is 2.23. The van der Waals surface area contributed by atoms with Gasteiger partial charge in [0, 0.05) is 36.3 Å². The molecule has 236 valence electrons. The van der Waals surface area contributed by atoms with Gasteiger partial charge in [-0.2, -0.15) is 8.42 Å². The van der Waals surface area contributed by atoms with Crippen LogP contribution in [0.4, 0.5) is 21.6 Å². The molecule has 12 nitrogen and oxygen atoms in total. The van der Waals surface area contributed by atoms with Crippen LogP contribution in [0.25, 0.3) is 10.9 Å². The van der Waals surface area contributed by atoms with Crippen molar-refractivity contribution in [2.45, 2.75) is 19.8 Å². The maximum Gasteiger partial charge on any atom is 0.320 e. The van der Waals surface area contributed by atoms with Gasteiger partial charge in [0.1, 0.15) is 23.7 Å². The van der Waals surface area contributed by atoms with Gasteiger partial charge in [-0.1, -0.05) is 17.7 Å².